The van der Waals surface area contributed by atoms with E-state index in [2.05, 4.69) is 27.4 Å². The Kier molecular flexibility index (Phi) is 4.92. The molecule has 2 aromatic rings. The van der Waals surface area contributed by atoms with Crippen LogP contribution in [0.15, 0.2) is 29.4 Å². The number of para-hydroxylation sites is 2. The zero-order valence-electron chi connectivity index (χ0n) is 10.2. The Hall–Kier alpha value is -0.710. The molecule has 0 saturated carbocycles. The number of imidazole rings is 1. The van der Waals surface area contributed by atoms with Gasteiger partial charge in [0.25, 0.3) is 0 Å². The number of fused-ring (bicyclic) bond motifs is 1. The van der Waals surface area contributed by atoms with Crippen molar-refractivity contribution >= 4 is 35.2 Å². The zero-order valence-corrected chi connectivity index (χ0v) is 11.8. The summed E-state index contributed by atoms with van der Waals surface area (Å²) < 4.78 is 0. The standard InChI is InChI=1S/C13H17N3S.ClH/c1-2-4-12-11(3-1)15-13(16-12)17-9-10-5-7-14-8-6-10;/h1-4,10,14H,5-9H2,(H,15,16);1H. The SMILES string of the molecule is Cl.c1ccc2[nH]c(SCC3CCNCC3)nc2c1. The van der Waals surface area contributed by atoms with E-state index in [9.17, 15) is 0 Å². The summed E-state index contributed by atoms with van der Waals surface area (Å²) in [6.07, 6.45) is 2.60. The highest BCUT2D eigenvalue weighted by molar-refractivity contribution is 7.99. The molecule has 1 fully saturated rings. The maximum Gasteiger partial charge on any atom is 0.166 e. The lowest BCUT2D eigenvalue weighted by Crippen LogP contribution is -2.28. The Morgan fingerprint density at radius 3 is 2.78 bits per heavy atom. The number of hydrogen-bond acceptors (Lipinski definition) is 3. The van der Waals surface area contributed by atoms with Gasteiger partial charge in [0.05, 0.1) is 11.0 Å². The second-order valence-electron chi connectivity index (χ2n) is 4.56. The highest BCUT2D eigenvalue weighted by Crippen LogP contribution is 2.24. The number of rotatable bonds is 3. The summed E-state index contributed by atoms with van der Waals surface area (Å²) >= 11 is 1.86. The molecular formula is C13H18ClN3S. The second-order valence-corrected chi connectivity index (χ2v) is 5.57. The Labute approximate surface area is 118 Å². The van der Waals surface area contributed by atoms with Crippen molar-refractivity contribution in [3.05, 3.63) is 24.3 Å². The quantitative estimate of drug-likeness (QED) is 0.851. The fraction of sp³-hybridized carbons (Fsp3) is 0.462. The minimum Gasteiger partial charge on any atom is -0.333 e. The van der Waals surface area contributed by atoms with Crippen LogP contribution < -0.4 is 5.32 Å². The molecule has 1 aliphatic heterocycles. The zero-order chi connectivity index (χ0) is 11.5. The van der Waals surface area contributed by atoms with Gasteiger partial charge in [0.15, 0.2) is 5.16 Å². The minimum absolute atomic E-state index is 0. The number of piperidine rings is 1. The predicted octanol–water partition coefficient (Wildman–Crippen LogP) is 3.08. The lowest BCUT2D eigenvalue weighted by molar-refractivity contribution is 0.407. The third-order valence-corrected chi connectivity index (χ3v) is 4.39. The van der Waals surface area contributed by atoms with Crippen molar-refractivity contribution in [2.75, 3.05) is 18.8 Å². The van der Waals surface area contributed by atoms with Crippen LogP contribution in [-0.4, -0.2) is 28.8 Å². The summed E-state index contributed by atoms with van der Waals surface area (Å²) in [5, 5.41) is 4.46. The van der Waals surface area contributed by atoms with E-state index < -0.39 is 0 Å². The Balaban J connectivity index is 0.00000120. The molecule has 2 N–H and O–H groups in total. The molecule has 1 saturated heterocycles. The Bertz CT molecular complexity index is 461. The summed E-state index contributed by atoms with van der Waals surface area (Å²) in [6, 6.07) is 8.21. The molecule has 0 radical (unpaired) electrons. The summed E-state index contributed by atoms with van der Waals surface area (Å²) in [5.74, 6) is 2.02. The fourth-order valence-electron chi connectivity index (χ4n) is 2.24. The van der Waals surface area contributed by atoms with E-state index in [4.69, 9.17) is 0 Å². The maximum atomic E-state index is 4.59. The van der Waals surface area contributed by atoms with Gasteiger partial charge in [-0.2, -0.15) is 0 Å². The Morgan fingerprint density at radius 1 is 1.22 bits per heavy atom. The van der Waals surface area contributed by atoms with Gasteiger partial charge >= 0.3 is 0 Å². The molecular weight excluding hydrogens is 266 g/mol. The molecule has 0 unspecified atom stereocenters. The van der Waals surface area contributed by atoms with Gasteiger partial charge in [-0.1, -0.05) is 23.9 Å². The van der Waals surface area contributed by atoms with Crippen LogP contribution in [0.1, 0.15) is 12.8 Å². The van der Waals surface area contributed by atoms with Crippen LogP contribution in [0.25, 0.3) is 11.0 Å². The first-order valence-corrected chi connectivity index (χ1v) is 7.18. The topological polar surface area (TPSA) is 40.7 Å². The molecule has 1 aromatic heterocycles. The van der Waals surface area contributed by atoms with Crippen LogP contribution in [0.4, 0.5) is 0 Å². The van der Waals surface area contributed by atoms with Crippen LogP contribution in [-0.2, 0) is 0 Å². The molecule has 3 rings (SSSR count). The van der Waals surface area contributed by atoms with E-state index >= 15 is 0 Å². The lowest BCUT2D eigenvalue weighted by Gasteiger charge is -2.21. The lowest BCUT2D eigenvalue weighted by atomic mass is 10.0. The van der Waals surface area contributed by atoms with Gasteiger partial charge in [-0.25, -0.2) is 4.98 Å². The summed E-state index contributed by atoms with van der Waals surface area (Å²) in [6.45, 7) is 2.34. The third kappa shape index (κ3) is 3.19. The molecule has 3 nitrogen and oxygen atoms in total. The molecule has 0 amide bonds. The minimum atomic E-state index is 0. The van der Waals surface area contributed by atoms with Crippen molar-refractivity contribution in [3.63, 3.8) is 0 Å². The first-order valence-electron chi connectivity index (χ1n) is 6.20. The molecule has 2 heterocycles. The van der Waals surface area contributed by atoms with Gasteiger partial charge < -0.3 is 10.3 Å². The number of halogens is 1. The smallest absolute Gasteiger partial charge is 0.166 e. The van der Waals surface area contributed by atoms with Crippen molar-refractivity contribution in [1.82, 2.24) is 15.3 Å². The van der Waals surface area contributed by atoms with E-state index in [0.717, 1.165) is 22.1 Å². The van der Waals surface area contributed by atoms with Crippen molar-refractivity contribution in [1.29, 1.82) is 0 Å². The highest BCUT2D eigenvalue weighted by Gasteiger charge is 2.14. The number of aromatic amines is 1. The number of thioether (sulfide) groups is 1. The van der Waals surface area contributed by atoms with Crippen LogP contribution in [0.5, 0.6) is 0 Å². The van der Waals surface area contributed by atoms with Crippen molar-refractivity contribution < 1.29 is 0 Å². The van der Waals surface area contributed by atoms with Crippen LogP contribution in [0, 0.1) is 5.92 Å². The molecule has 98 valence electrons. The molecule has 0 atom stereocenters. The summed E-state index contributed by atoms with van der Waals surface area (Å²) in [5.41, 5.74) is 2.21. The largest absolute Gasteiger partial charge is 0.333 e. The number of hydrogen-bond donors (Lipinski definition) is 2. The van der Waals surface area contributed by atoms with Gasteiger partial charge in [0.2, 0.25) is 0 Å². The number of nitrogens with zero attached hydrogens (tertiary/aromatic N) is 1. The monoisotopic (exact) mass is 283 g/mol. The third-order valence-electron chi connectivity index (χ3n) is 3.28. The van der Waals surface area contributed by atoms with Crippen molar-refractivity contribution in [2.45, 2.75) is 18.0 Å². The molecule has 0 aliphatic carbocycles. The van der Waals surface area contributed by atoms with E-state index in [1.165, 1.54) is 31.7 Å². The summed E-state index contributed by atoms with van der Waals surface area (Å²) in [4.78, 5) is 7.96. The van der Waals surface area contributed by atoms with Crippen molar-refractivity contribution in [2.24, 2.45) is 5.92 Å². The number of nitrogens with one attached hydrogen (secondary N) is 2. The molecule has 1 aliphatic rings. The number of H-pyrrole nitrogens is 1. The van der Waals surface area contributed by atoms with E-state index in [1.54, 1.807) is 0 Å². The van der Waals surface area contributed by atoms with E-state index in [1.807, 2.05) is 23.9 Å². The van der Waals surface area contributed by atoms with Crippen molar-refractivity contribution in [3.8, 4) is 0 Å². The molecule has 5 heteroatoms. The molecule has 18 heavy (non-hydrogen) atoms. The maximum absolute atomic E-state index is 4.59. The molecule has 0 bridgehead atoms. The second kappa shape index (κ2) is 6.45. The molecule has 0 spiro atoms. The Morgan fingerprint density at radius 2 is 2.00 bits per heavy atom. The van der Waals surface area contributed by atoms with Crippen LogP contribution >= 0.6 is 24.2 Å². The van der Waals surface area contributed by atoms with Crippen LogP contribution in [0.3, 0.4) is 0 Å². The van der Waals surface area contributed by atoms with E-state index in [-0.39, 0.29) is 12.4 Å². The van der Waals surface area contributed by atoms with Gasteiger partial charge in [0.1, 0.15) is 0 Å². The fourth-order valence-corrected chi connectivity index (χ4v) is 3.31. The van der Waals surface area contributed by atoms with Gasteiger partial charge in [0, 0.05) is 5.75 Å². The highest BCUT2D eigenvalue weighted by atomic mass is 35.5. The van der Waals surface area contributed by atoms with Gasteiger partial charge in [-0.05, 0) is 44.0 Å². The molecule has 1 aromatic carbocycles. The normalized spacial score (nSPS) is 16.7. The number of aromatic nitrogens is 2. The van der Waals surface area contributed by atoms with E-state index in [0.29, 0.717) is 0 Å². The number of benzene rings is 1. The first-order chi connectivity index (χ1) is 8.42. The average molecular weight is 284 g/mol. The predicted molar refractivity (Wildman–Crippen MR) is 79.7 cm³/mol. The van der Waals surface area contributed by atoms with Gasteiger partial charge in [-0.15, -0.1) is 12.4 Å². The summed E-state index contributed by atoms with van der Waals surface area (Å²) in [7, 11) is 0. The first kappa shape index (κ1) is 13.7. The van der Waals surface area contributed by atoms with Gasteiger partial charge in [-0.3, -0.25) is 0 Å². The van der Waals surface area contributed by atoms with Crippen LogP contribution in [0.2, 0.25) is 0 Å². The average Bonchev–Trinajstić information content (AvgIpc) is 2.80.